The second-order valence-electron chi connectivity index (χ2n) is 3.04. The van der Waals surface area contributed by atoms with Crippen LogP contribution in [0.25, 0.3) is 0 Å². The van der Waals surface area contributed by atoms with E-state index in [1.165, 1.54) is 25.5 Å². The minimum absolute atomic E-state index is 0.0264. The van der Waals surface area contributed by atoms with Crippen LogP contribution in [-0.2, 0) is 4.74 Å². The smallest absolute Gasteiger partial charge is 0.163 e. The zero-order valence-electron chi connectivity index (χ0n) is 8.62. The van der Waals surface area contributed by atoms with Crippen LogP contribution in [0.4, 0.5) is 0 Å². The van der Waals surface area contributed by atoms with Crippen LogP contribution in [-0.4, -0.2) is 6.61 Å². The Labute approximate surface area is 85.6 Å². The summed E-state index contributed by atoms with van der Waals surface area (Å²) in [6, 6.07) is 3.48. The average molecular weight is 192 g/mol. The number of unbranched alkanes of at least 4 members (excludes halogenated alkanes) is 4. The van der Waals surface area contributed by atoms with Gasteiger partial charge in [0, 0.05) is 0 Å². The van der Waals surface area contributed by atoms with Crippen LogP contribution in [0.15, 0.2) is 11.8 Å². The van der Waals surface area contributed by atoms with Crippen molar-refractivity contribution in [1.82, 2.24) is 0 Å². The van der Waals surface area contributed by atoms with Crippen LogP contribution in [0.5, 0.6) is 0 Å². The van der Waals surface area contributed by atoms with Crippen LogP contribution in [0.1, 0.15) is 39.0 Å². The third-order valence-corrected chi connectivity index (χ3v) is 1.81. The molecule has 0 aliphatic rings. The molecule has 0 spiro atoms. The van der Waals surface area contributed by atoms with Crippen molar-refractivity contribution < 1.29 is 4.74 Å². The predicted molar refractivity (Wildman–Crippen MR) is 54.0 cm³/mol. The maximum atomic E-state index is 8.38. The molecule has 0 saturated heterocycles. The summed E-state index contributed by atoms with van der Waals surface area (Å²) in [5.41, 5.74) is 0.0264. The largest absolute Gasteiger partial charge is 0.499 e. The Morgan fingerprint density at radius 3 is 2.36 bits per heavy atom. The molecule has 0 heterocycles. The third-order valence-electron chi connectivity index (χ3n) is 1.81. The van der Waals surface area contributed by atoms with Crippen molar-refractivity contribution in [1.29, 1.82) is 10.5 Å². The number of rotatable bonds is 7. The molecule has 0 aromatic carbocycles. The van der Waals surface area contributed by atoms with E-state index < -0.39 is 0 Å². The van der Waals surface area contributed by atoms with Crippen molar-refractivity contribution in [2.45, 2.75) is 39.0 Å². The van der Waals surface area contributed by atoms with Gasteiger partial charge in [0.1, 0.15) is 18.4 Å². The Balaban J connectivity index is 3.34. The molecular formula is C11H16N2O. The highest BCUT2D eigenvalue weighted by atomic mass is 16.5. The summed E-state index contributed by atoms with van der Waals surface area (Å²) >= 11 is 0. The molecule has 0 unspecified atom stereocenters. The van der Waals surface area contributed by atoms with Crippen molar-refractivity contribution in [2.75, 3.05) is 6.61 Å². The number of nitriles is 2. The number of hydrogen-bond donors (Lipinski definition) is 0. The van der Waals surface area contributed by atoms with Crippen LogP contribution in [0.2, 0.25) is 0 Å². The maximum Gasteiger partial charge on any atom is 0.163 e. The lowest BCUT2D eigenvalue weighted by Gasteiger charge is -1.99. The highest BCUT2D eigenvalue weighted by Crippen LogP contribution is 2.02. The van der Waals surface area contributed by atoms with Crippen LogP contribution in [0.3, 0.4) is 0 Å². The lowest BCUT2D eigenvalue weighted by atomic mass is 10.2. The number of hydrogen-bond acceptors (Lipinski definition) is 3. The van der Waals surface area contributed by atoms with Gasteiger partial charge in [-0.3, -0.25) is 0 Å². The first-order valence-electron chi connectivity index (χ1n) is 4.97. The fraction of sp³-hybridized carbons (Fsp3) is 0.636. The molecule has 3 nitrogen and oxygen atoms in total. The molecule has 0 radical (unpaired) electrons. The van der Waals surface area contributed by atoms with Gasteiger partial charge in [-0.15, -0.1) is 0 Å². The van der Waals surface area contributed by atoms with Crippen molar-refractivity contribution >= 4 is 0 Å². The monoisotopic (exact) mass is 192 g/mol. The molecule has 76 valence electrons. The summed E-state index contributed by atoms with van der Waals surface area (Å²) in [6.45, 7) is 2.77. The van der Waals surface area contributed by atoms with Crippen molar-refractivity contribution in [3.8, 4) is 12.1 Å². The highest BCUT2D eigenvalue weighted by molar-refractivity contribution is 5.33. The molecule has 0 N–H and O–H groups in total. The van der Waals surface area contributed by atoms with E-state index in [0.29, 0.717) is 6.61 Å². The first kappa shape index (κ1) is 12.5. The van der Waals surface area contributed by atoms with E-state index >= 15 is 0 Å². The van der Waals surface area contributed by atoms with Gasteiger partial charge in [0.25, 0.3) is 0 Å². The number of nitrogens with zero attached hydrogens (tertiary/aromatic N) is 2. The fourth-order valence-electron chi connectivity index (χ4n) is 1.01. The van der Waals surface area contributed by atoms with Gasteiger partial charge in [-0.2, -0.15) is 10.5 Å². The molecule has 0 amide bonds. The first-order valence-corrected chi connectivity index (χ1v) is 4.97. The van der Waals surface area contributed by atoms with E-state index in [0.717, 1.165) is 12.8 Å². The number of ether oxygens (including phenoxy) is 1. The molecule has 0 saturated carbocycles. The lowest BCUT2D eigenvalue weighted by molar-refractivity contribution is 0.239. The van der Waals surface area contributed by atoms with Crippen LogP contribution < -0.4 is 0 Å². The summed E-state index contributed by atoms with van der Waals surface area (Å²) in [5.74, 6) is 0. The van der Waals surface area contributed by atoms with E-state index in [9.17, 15) is 0 Å². The molecule has 3 heteroatoms. The minimum atomic E-state index is 0.0264. The summed E-state index contributed by atoms with van der Waals surface area (Å²) < 4.78 is 5.05. The zero-order valence-corrected chi connectivity index (χ0v) is 8.62. The molecule has 0 aromatic heterocycles. The normalized spacial score (nSPS) is 8.50. The molecular weight excluding hydrogens is 176 g/mol. The summed E-state index contributed by atoms with van der Waals surface area (Å²) in [6.07, 6.45) is 7.09. The molecule has 0 atom stereocenters. The number of allylic oxidation sites excluding steroid dienone is 1. The molecule has 0 aliphatic carbocycles. The molecule has 0 bridgehead atoms. The molecule has 0 aliphatic heterocycles. The third kappa shape index (κ3) is 7.18. The highest BCUT2D eigenvalue weighted by Gasteiger charge is 1.91. The van der Waals surface area contributed by atoms with Gasteiger partial charge in [-0.05, 0) is 6.42 Å². The second kappa shape index (κ2) is 9.61. The molecule has 0 fully saturated rings. The zero-order chi connectivity index (χ0) is 10.6. The van der Waals surface area contributed by atoms with E-state index in [1.807, 2.05) is 0 Å². The Bertz CT molecular complexity index is 229. The minimum Gasteiger partial charge on any atom is -0.499 e. The van der Waals surface area contributed by atoms with Gasteiger partial charge in [-0.25, -0.2) is 0 Å². The van der Waals surface area contributed by atoms with Gasteiger partial charge < -0.3 is 4.74 Å². The van der Waals surface area contributed by atoms with E-state index in [1.54, 1.807) is 12.1 Å². The predicted octanol–water partition coefficient (Wildman–Crippen LogP) is 2.90. The standard InChI is InChI=1S/C11H16N2O/c1-2-3-4-5-6-7-14-10-11(8-12)9-13/h10H,2-7H2,1H3. The second-order valence-corrected chi connectivity index (χ2v) is 3.04. The van der Waals surface area contributed by atoms with Crippen molar-refractivity contribution in [3.63, 3.8) is 0 Å². The van der Waals surface area contributed by atoms with Gasteiger partial charge in [0.2, 0.25) is 0 Å². The molecule has 14 heavy (non-hydrogen) atoms. The summed E-state index contributed by atoms with van der Waals surface area (Å²) in [7, 11) is 0. The molecule has 0 aromatic rings. The van der Waals surface area contributed by atoms with E-state index in [4.69, 9.17) is 15.3 Å². The Hall–Kier alpha value is -1.48. The quantitative estimate of drug-likeness (QED) is 0.354. The van der Waals surface area contributed by atoms with Crippen LogP contribution >= 0.6 is 0 Å². The molecule has 0 rings (SSSR count). The van der Waals surface area contributed by atoms with Crippen LogP contribution in [0, 0.1) is 22.7 Å². The SMILES string of the molecule is CCCCCCCOC=C(C#N)C#N. The Morgan fingerprint density at radius 2 is 1.79 bits per heavy atom. The van der Waals surface area contributed by atoms with Gasteiger partial charge in [-0.1, -0.05) is 32.6 Å². The van der Waals surface area contributed by atoms with Crippen molar-refractivity contribution in [2.24, 2.45) is 0 Å². The first-order chi connectivity index (χ1) is 6.85. The van der Waals surface area contributed by atoms with Gasteiger partial charge >= 0.3 is 0 Å². The fourth-order valence-corrected chi connectivity index (χ4v) is 1.01. The Kier molecular flexibility index (Phi) is 8.59. The van der Waals surface area contributed by atoms with Gasteiger partial charge in [0.15, 0.2) is 5.57 Å². The van der Waals surface area contributed by atoms with Gasteiger partial charge in [0.05, 0.1) is 6.61 Å². The summed E-state index contributed by atoms with van der Waals surface area (Å²) in [4.78, 5) is 0. The summed E-state index contributed by atoms with van der Waals surface area (Å²) in [5, 5.41) is 16.8. The Morgan fingerprint density at radius 1 is 1.14 bits per heavy atom. The van der Waals surface area contributed by atoms with Crippen molar-refractivity contribution in [3.05, 3.63) is 11.8 Å². The lowest BCUT2D eigenvalue weighted by Crippen LogP contribution is -1.89. The van der Waals surface area contributed by atoms with E-state index in [-0.39, 0.29) is 5.57 Å². The average Bonchev–Trinajstić information content (AvgIpc) is 2.22. The maximum absolute atomic E-state index is 8.38. The van der Waals surface area contributed by atoms with E-state index in [2.05, 4.69) is 6.92 Å². The topological polar surface area (TPSA) is 56.8 Å².